The highest BCUT2D eigenvalue weighted by Gasteiger charge is 2.25. The molecule has 2 aliphatic rings. The van der Waals surface area contributed by atoms with E-state index in [1.165, 1.54) is 17.0 Å². The second-order valence-corrected chi connectivity index (χ2v) is 7.37. The molecule has 1 aromatic heterocycles. The first kappa shape index (κ1) is 14.7. The van der Waals surface area contributed by atoms with Gasteiger partial charge in [-0.15, -0.1) is 11.3 Å². The van der Waals surface area contributed by atoms with E-state index in [2.05, 4.69) is 35.2 Å². The van der Waals surface area contributed by atoms with Crippen molar-refractivity contribution in [3.63, 3.8) is 0 Å². The number of amidine groups is 1. The molecular formula is C17H19FN4S. The second-order valence-electron chi connectivity index (χ2n) is 6.11. The molecule has 0 bridgehead atoms. The van der Waals surface area contributed by atoms with E-state index in [-0.39, 0.29) is 5.82 Å². The molecule has 0 unspecified atom stereocenters. The van der Waals surface area contributed by atoms with Crippen LogP contribution in [0.5, 0.6) is 0 Å². The number of hydrogen-bond donors (Lipinski definition) is 1. The van der Waals surface area contributed by atoms with E-state index in [1.54, 1.807) is 17.4 Å². The van der Waals surface area contributed by atoms with Gasteiger partial charge in [0.05, 0.1) is 16.9 Å². The molecule has 3 heterocycles. The van der Waals surface area contributed by atoms with E-state index in [0.29, 0.717) is 0 Å². The maximum atomic E-state index is 13.6. The van der Waals surface area contributed by atoms with Crippen LogP contribution >= 0.6 is 11.3 Å². The molecule has 1 fully saturated rings. The van der Waals surface area contributed by atoms with E-state index < -0.39 is 0 Å². The molecule has 0 spiro atoms. The Morgan fingerprint density at radius 2 is 1.96 bits per heavy atom. The zero-order valence-electron chi connectivity index (χ0n) is 13.3. The molecule has 0 atom stereocenters. The minimum absolute atomic E-state index is 0.246. The number of aliphatic imine (C=N–C) groups is 1. The van der Waals surface area contributed by atoms with Gasteiger partial charge in [0.25, 0.3) is 0 Å². The fourth-order valence-corrected chi connectivity index (χ4v) is 3.95. The van der Waals surface area contributed by atoms with Crippen LogP contribution in [0.3, 0.4) is 0 Å². The topological polar surface area (TPSA) is 30.9 Å². The van der Waals surface area contributed by atoms with Gasteiger partial charge in [0.15, 0.2) is 0 Å². The van der Waals surface area contributed by atoms with Crippen LogP contribution in [0, 0.1) is 12.7 Å². The average molecular weight is 330 g/mol. The number of hydrogen-bond acceptors (Lipinski definition) is 5. The van der Waals surface area contributed by atoms with Crippen molar-refractivity contribution in [1.29, 1.82) is 0 Å². The van der Waals surface area contributed by atoms with E-state index in [9.17, 15) is 4.39 Å². The molecule has 4 rings (SSSR count). The zero-order chi connectivity index (χ0) is 16.0. The summed E-state index contributed by atoms with van der Waals surface area (Å²) in [6, 6.07) is 6.91. The third kappa shape index (κ3) is 2.72. The Hall–Kier alpha value is -1.92. The molecule has 1 N–H and O–H groups in total. The number of rotatable bonds is 0. The van der Waals surface area contributed by atoms with Gasteiger partial charge < -0.3 is 15.1 Å². The Kier molecular flexibility index (Phi) is 3.58. The SMILES string of the molecule is Cc1cc2c(s1)Nc1cc(F)ccc1N=C2N1CCN(C)CC1. The highest BCUT2D eigenvalue weighted by molar-refractivity contribution is 7.16. The number of nitrogens with zero attached hydrogens (tertiary/aromatic N) is 3. The summed E-state index contributed by atoms with van der Waals surface area (Å²) in [6.07, 6.45) is 0. The monoisotopic (exact) mass is 330 g/mol. The van der Waals surface area contributed by atoms with Crippen LogP contribution < -0.4 is 5.32 Å². The Labute approximate surface area is 139 Å². The highest BCUT2D eigenvalue weighted by Crippen LogP contribution is 2.39. The number of fused-ring (bicyclic) bond motifs is 2. The van der Waals surface area contributed by atoms with Gasteiger partial charge in [0.2, 0.25) is 0 Å². The van der Waals surface area contributed by atoms with Gasteiger partial charge in [-0.25, -0.2) is 9.38 Å². The van der Waals surface area contributed by atoms with E-state index >= 15 is 0 Å². The van der Waals surface area contributed by atoms with Crippen molar-refractivity contribution in [2.45, 2.75) is 6.92 Å². The fourth-order valence-electron chi connectivity index (χ4n) is 3.04. The molecule has 1 aromatic carbocycles. The smallest absolute Gasteiger partial charge is 0.139 e. The molecule has 1 saturated heterocycles. The predicted molar refractivity (Wildman–Crippen MR) is 94.0 cm³/mol. The van der Waals surface area contributed by atoms with Gasteiger partial charge in [-0.1, -0.05) is 0 Å². The number of piperazine rings is 1. The van der Waals surface area contributed by atoms with Gasteiger partial charge in [0.1, 0.15) is 16.7 Å². The summed E-state index contributed by atoms with van der Waals surface area (Å²) >= 11 is 1.69. The lowest BCUT2D eigenvalue weighted by atomic mass is 10.2. The lowest BCUT2D eigenvalue weighted by Crippen LogP contribution is -2.47. The molecule has 0 aliphatic carbocycles. The molecule has 6 heteroatoms. The molecule has 23 heavy (non-hydrogen) atoms. The normalized spacial score (nSPS) is 17.9. The molecule has 120 valence electrons. The summed E-state index contributed by atoms with van der Waals surface area (Å²) in [6.45, 7) is 6.07. The number of benzene rings is 1. The van der Waals surface area contributed by atoms with Crippen LogP contribution in [0.15, 0.2) is 29.3 Å². The number of aryl methyl sites for hydroxylation is 1. The summed E-state index contributed by atoms with van der Waals surface area (Å²) in [7, 11) is 2.14. The van der Waals surface area contributed by atoms with Crippen molar-refractivity contribution < 1.29 is 4.39 Å². The summed E-state index contributed by atoms with van der Waals surface area (Å²) in [4.78, 5) is 10.8. The van der Waals surface area contributed by atoms with E-state index in [4.69, 9.17) is 4.99 Å². The van der Waals surface area contributed by atoms with Crippen molar-refractivity contribution in [2.24, 2.45) is 4.99 Å². The Balaban J connectivity index is 1.82. The van der Waals surface area contributed by atoms with Crippen LogP contribution in [0.25, 0.3) is 0 Å². The third-order valence-electron chi connectivity index (χ3n) is 4.33. The fraction of sp³-hybridized carbons (Fsp3) is 0.353. The lowest BCUT2D eigenvalue weighted by molar-refractivity contribution is 0.216. The van der Waals surface area contributed by atoms with Gasteiger partial charge in [0, 0.05) is 31.1 Å². The molecule has 0 radical (unpaired) electrons. The minimum atomic E-state index is -0.246. The van der Waals surface area contributed by atoms with E-state index in [1.807, 2.05) is 0 Å². The Morgan fingerprint density at radius 1 is 1.17 bits per heavy atom. The zero-order valence-corrected chi connectivity index (χ0v) is 14.1. The van der Waals surface area contributed by atoms with Crippen molar-refractivity contribution in [3.8, 4) is 0 Å². The van der Waals surface area contributed by atoms with Crippen LogP contribution in [-0.2, 0) is 0 Å². The second kappa shape index (κ2) is 5.62. The van der Waals surface area contributed by atoms with Crippen molar-refractivity contribution >= 4 is 33.5 Å². The highest BCUT2D eigenvalue weighted by atomic mass is 32.1. The third-order valence-corrected chi connectivity index (χ3v) is 5.30. The first-order valence-electron chi connectivity index (χ1n) is 7.80. The van der Waals surface area contributed by atoms with Gasteiger partial charge in [-0.3, -0.25) is 0 Å². The maximum absolute atomic E-state index is 13.6. The van der Waals surface area contributed by atoms with Gasteiger partial charge >= 0.3 is 0 Å². The van der Waals surface area contributed by atoms with E-state index in [0.717, 1.165) is 54.0 Å². The number of anilines is 2. The molecular weight excluding hydrogens is 311 g/mol. The standard InChI is InChI=1S/C17H19FN4S/c1-11-9-13-16(22-7-5-21(2)6-8-22)19-14-4-3-12(18)10-15(14)20-17(13)23-11/h3-4,9-10,20H,5-8H2,1-2H3. The summed E-state index contributed by atoms with van der Waals surface area (Å²) in [5.74, 6) is 0.750. The summed E-state index contributed by atoms with van der Waals surface area (Å²) < 4.78 is 13.6. The summed E-state index contributed by atoms with van der Waals surface area (Å²) in [5, 5.41) is 4.42. The molecule has 2 aromatic rings. The Morgan fingerprint density at radius 3 is 2.74 bits per heavy atom. The molecule has 2 aliphatic heterocycles. The van der Waals surface area contributed by atoms with Gasteiger partial charge in [-0.2, -0.15) is 0 Å². The van der Waals surface area contributed by atoms with Crippen molar-refractivity contribution in [2.75, 3.05) is 38.5 Å². The minimum Gasteiger partial charge on any atom is -0.353 e. The maximum Gasteiger partial charge on any atom is 0.139 e. The molecule has 0 saturated carbocycles. The van der Waals surface area contributed by atoms with Crippen LogP contribution in [0.4, 0.5) is 20.8 Å². The quantitative estimate of drug-likeness (QED) is 0.801. The number of thiophene rings is 1. The predicted octanol–water partition coefficient (Wildman–Crippen LogP) is 3.58. The Bertz CT molecular complexity index is 775. The largest absolute Gasteiger partial charge is 0.353 e. The summed E-state index contributed by atoms with van der Waals surface area (Å²) in [5.41, 5.74) is 2.65. The van der Waals surface area contributed by atoms with Crippen molar-refractivity contribution in [1.82, 2.24) is 9.80 Å². The first-order valence-corrected chi connectivity index (χ1v) is 8.61. The molecule has 4 nitrogen and oxygen atoms in total. The first-order chi connectivity index (χ1) is 11.1. The van der Waals surface area contributed by atoms with Crippen LogP contribution in [0.2, 0.25) is 0 Å². The number of halogens is 1. The number of likely N-dealkylation sites (N-methyl/N-ethyl adjacent to an activating group) is 1. The van der Waals surface area contributed by atoms with Gasteiger partial charge in [-0.05, 0) is 38.2 Å². The van der Waals surface area contributed by atoms with Crippen LogP contribution in [-0.4, -0.2) is 48.9 Å². The average Bonchev–Trinajstić information content (AvgIpc) is 2.81. The molecule has 0 amide bonds. The van der Waals surface area contributed by atoms with Crippen LogP contribution in [0.1, 0.15) is 10.4 Å². The lowest BCUT2D eigenvalue weighted by Gasteiger charge is -2.34. The van der Waals surface area contributed by atoms with Crippen molar-refractivity contribution in [3.05, 3.63) is 40.5 Å². The number of nitrogens with one attached hydrogen (secondary N) is 1.